The topological polar surface area (TPSA) is 93.4 Å². The Kier molecular flexibility index (Phi) is 8.66. The second-order valence-corrected chi connectivity index (χ2v) is 5.17. The van der Waals surface area contributed by atoms with Crippen molar-refractivity contribution in [1.29, 1.82) is 0 Å². The van der Waals surface area contributed by atoms with E-state index in [2.05, 4.69) is 34.0 Å². The van der Waals surface area contributed by atoms with E-state index in [1.165, 1.54) is 0 Å². The third-order valence-electron chi connectivity index (χ3n) is 3.60. The van der Waals surface area contributed by atoms with Gasteiger partial charge in [0.15, 0.2) is 0 Å². The van der Waals surface area contributed by atoms with E-state index < -0.39 is 0 Å². The average Bonchev–Trinajstić information content (AvgIpc) is 2.59. The number of carbonyl (C=O) groups excluding carboxylic acids is 1. The molecule has 0 bridgehead atoms. The molecule has 0 aliphatic heterocycles. The highest BCUT2D eigenvalue weighted by molar-refractivity contribution is 5.89. The normalized spacial score (nSPS) is 10.2. The van der Waals surface area contributed by atoms with E-state index in [-0.39, 0.29) is 24.3 Å². The molecule has 3 N–H and O–H groups in total. The molecule has 0 aliphatic rings. The van der Waals surface area contributed by atoms with Gasteiger partial charge in [0, 0.05) is 18.4 Å². The summed E-state index contributed by atoms with van der Waals surface area (Å²) < 4.78 is 5.30. The van der Waals surface area contributed by atoms with Gasteiger partial charge in [-0.1, -0.05) is 13.8 Å². The summed E-state index contributed by atoms with van der Waals surface area (Å²) in [6, 6.07) is 8.73. The molecule has 2 rings (SSSR count). The lowest BCUT2D eigenvalue weighted by atomic mass is 10.2. The van der Waals surface area contributed by atoms with Crippen LogP contribution in [0.3, 0.4) is 0 Å². The summed E-state index contributed by atoms with van der Waals surface area (Å²) in [6.45, 7) is 7.20. The molecular formula is C17H24ClN5O2. The fourth-order valence-electron chi connectivity index (χ4n) is 2.17. The minimum Gasteiger partial charge on any atom is -0.461 e. The molecule has 25 heavy (non-hydrogen) atoms. The van der Waals surface area contributed by atoms with Gasteiger partial charge in [-0.05, 0) is 43.4 Å². The Morgan fingerprint density at radius 1 is 1.20 bits per heavy atom. The first-order valence-corrected chi connectivity index (χ1v) is 7.97. The minimum absolute atomic E-state index is 0. The van der Waals surface area contributed by atoms with Crippen LogP contribution in [0.5, 0.6) is 0 Å². The van der Waals surface area contributed by atoms with Crippen molar-refractivity contribution in [2.45, 2.75) is 13.8 Å². The van der Waals surface area contributed by atoms with Gasteiger partial charge in [0.25, 0.3) is 0 Å². The number of nitrogen functional groups attached to an aromatic ring is 1. The Morgan fingerprint density at radius 2 is 1.88 bits per heavy atom. The van der Waals surface area contributed by atoms with Gasteiger partial charge >= 0.3 is 5.97 Å². The first-order chi connectivity index (χ1) is 11.6. The fraction of sp³-hybridized carbons (Fsp3) is 0.353. The number of likely N-dealkylation sites (N-methyl/N-ethyl adjacent to an activating group) is 1. The number of benzene rings is 1. The summed E-state index contributed by atoms with van der Waals surface area (Å²) in [5.74, 6) is 0.477. The van der Waals surface area contributed by atoms with E-state index in [1.807, 2.05) is 0 Å². The number of nitrogens with one attached hydrogen (secondary N) is 1. The summed E-state index contributed by atoms with van der Waals surface area (Å²) in [5.41, 5.74) is 6.85. The predicted octanol–water partition coefficient (Wildman–Crippen LogP) is 2.72. The van der Waals surface area contributed by atoms with Crippen molar-refractivity contribution in [2.75, 3.05) is 37.3 Å². The van der Waals surface area contributed by atoms with E-state index >= 15 is 0 Å². The number of rotatable bonds is 8. The molecule has 0 saturated carbocycles. The van der Waals surface area contributed by atoms with Crippen LogP contribution in [0.1, 0.15) is 24.2 Å². The average molecular weight is 366 g/mol. The number of carbonyl (C=O) groups is 1. The number of nitrogens with two attached hydrogens (primary N) is 1. The van der Waals surface area contributed by atoms with E-state index in [1.54, 1.807) is 36.5 Å². The highest BCUT2D eigenvalue weighted by Gasteiger charge is 2.08. The van der Waals surface area contributed by atoms with Gasteiger partial charge in [-0.3, -0.25) is 0 Å². The molecule has 1 aromatic carbocycles. The Labute approximate surface area is 154 Å². The molecule has 136 valence electrons. The lowest BCUT2D eigenvalue weighted by molar-refractivity contribution is 0.0466. The highest BCUT2D eigenvalue weighted by atomic mass is 35.5. The molecule has 0 radical (unpaired) electrons. The Bertz CT molecular complexity index is 662. The number of hydrogen-bond acceptors (Lipinski definition) is 7. The number of halogens is 1. The van der Waals surface area contributed by atoms with Crippen molar-refractivity contribution in [3.63, 3.8) is 0 Å². The van der Waals surface area contributed by atoms with Crippen LogP contribution in [0.25, 0.3) is 0 Å². The first kappa shape index (κ1) is 20.7. The summed E-state index contributed by atoms with van der Waals surface area (Å²) in [7, 11) is 0. The maximum absolute atomic E-state index is 12.0. The summed E-state index contributed by atoms with van der Waals surface area (Å²) in [6.07, 6.45) is 1.58. The van der Waals surface area contributed by atoms with Gasteiger partial charge in [-0.2, -0.15) is 4.98 Å². The zero-order valence-electron chi connectivity index (χ0n) is 14.4. The molecular weight excluding hydrogens is 342 g/mol. The number of nitrogens with zero attached hydrogens (tertiary/aromatic N) is 3. The summed E-state index contributed by atoms with van der Waals surface area (Å²) >= 11 is 0. The van der Waals surface area contributed by atoms with Crippen molar-refractivity contribution in [2.24, 2.45) is 0 Å². The van der Waals surface area contributed by atoms with Gasteiger partial charge in [0.1, 0.15) is 12.4 Å². The molecule has 0 amide bonds. The monoisotopic (exact) mass is 365 g/mol. The van der Waals surface area contributed by atoms with Crippen molar-refractivity contribution >= 4 is 35.8 Å². The van der Waals surface area contributed by atoms with E-state index in [0.29, 0.717) is 18.0 Å². The number of anilines is 3. The maximum Gasteiger partial charge on any atom is 0.338 e. The smallest absolute Gasteiger partial charge is 0.338 e. The number of ether oxygens (including phenoxy) is 1. The van der Waals surface area contributed by atoms with Crippen molar-refractivity contribution in [1.82, 2.24) is 14.9 Å². The molecule has 7 nitrogen and oxygen atoms in total. The minimum atomic E-state index is -0.319. The Balaban J connectivity index is 0.00000312. The van der Waals surface area contributed by atoms with Crippen LogP contribution < -0.4 is 11.1 Å². The zero-order valence-corrected chi connectivity index (χ0v) is 15.3. The molecule has 8 heteroatoms. The molecule has 0 spiro atoms. The SMILES string of the molecule is CCN(CC)CCOC(=O)c1ccc(Nc2ccnc(N)n2)cc1.Cl. The maximum atomic E-state index is 12.0. The standard InChI is InChI=1S/C17H23N5O2.ClH/c1-3-22(4-2)11-12-24-16(23)13-5-7-14(8-6-13)20-15-9-10-19-17(18)21-15;/h5-10H,3-4,11-12H2,1-2H3,(H3,18,19,20,21);1H. The van der Waals surface area contributed by atoms with Gasteiger partial charge < -0.3 is 20.7 Å². The molecule has 0 fully saturated rings. The van der Waals surface area contributed by atoms with Crippen molar-refractivity contribution < 1.29 is 9.53 Å². The summed E-state index contributed by atoms with van der Waals surface area (Å²) in [5, 5.41) is 3.09. The number of aromatic nitrogens is 2. The van der Waals surface area contributed by atoms with Crippen LogP contribution in [0.4, 0.5) is 17.5 Å². The lowest BCUT2D eigenvalue weighted by Crippen LogP contribution is -2.27. The Hall–Kier alpha value is -2.38. The van der Waals surface area contributed by atoms with Crippen LogP contribution in [0.2, 0.25) is 0 Å². The third-order valence-corrected chi connectivity index (χ3v) is 3.60. The van der Waals surface area contributed by atoms with Crippen LogP contribution in [0.15, 0.2) is 36.5 Å². The molecule has 0 aliphatic carbocycles. The molecule has 0 saturated heterocycles. The van der Waals surface area contributed by atoms with E-state index in [9.17, 15) is 4.79 Å². The lowest BCUT2D eigenvalue weighted by Gasteiger charge is -2.17. The van der Waals surface area contributed by atoms with Gasteiger partial charge in [0.05, 0.1) is 5.56 Å². The zero-order chi connectivity index (χ0) is 17.4. The van der Waals surface area contributed by atoms with Crippen LogP contribution in [-0.4, -0.2) is 47.1 Å². The van der Waals surface area contributed by atoms with Gasteiger partial charge in [-0.15, -0.1) is 12.4 Å². The number of esters is 1. The molecule has 0 unspecified atom stereocenters. The molecule has 0 atom stereocenters. The van der Waals surface area contributed by atoms with E-state index in [4.69, 9.17) is 10.5 Å². The fourth-order valence-corrected chi connectivity index (χ4v) is 2.17. The van der Waals surface area contributed by atoms with Crippen molar-refractivity contribution in [3.8, 4) is 0 Å². The molecule has 2 aromatic rings. The van der Waals surface area contributed by atoms with Crippen LogP contribution in [-0.2, 0) is 4.74 Å². The predicted molar refractivity (Wildman–Crippen MR) is 101 cm³/mol. The van der Waals surface area contributed by atoms with Crippen molar-refractivity contribution in [3.05, 3.63) is 42.1 Å². The van der Waals surface area contributed by atoms with E-state index in [0.717, 1.165) is 25.3 Å². The number of hydrogen-bond donors (Lipinski definition) is 2. The molecule has 1 heterocycles. The third kappa shape index (κ3) is 6.56. The second kappa shape index (κ2) is 10.5. The van der Waals surface area contributed by atoms with Gasteiger partial charge in [0.2, 0.25) is 5.95 Å². The van der Waals surface area contributed by atoms with Gasteiger partial charge in [-0.25, -0.2) is 9.78 Å². The second-order valence-electron chi connectivity index (χ2n) is 5.17. The Morgan fingerprint density at radius 3 is 2.48 bits per heavy atom. The summed E-state index contributed by atoms with van der Waals surface area (Å²) in [4.78, 5) is 22.1. The first-order valence-electron chi connectivity index (χ1n) is 7.97. The molecule has 1 aromatic heterocycles. The van der Waals surface area contributed by atoms with Crippen LogP contribution in [0, 0.1) is 0 Å². The van der Waals surface area contributed by atoms with Crippen LogP contribution >= 0.6 is 12.4 Å². The largest absolute Gasteiger partial charge is 0.461 e. The quantitative estimate of drug-likeness (QED) is 0.694. The highest BCUT2D eigenvalue weighted by Crippen LogP contribution is 2.15.